The SMILES string of the molecule is CCOCCCNC(=O)C1CCCN(c2nc(-c3ccccc3)nc3c2CCC3)C1. The zero-order chi connectivity index (χ0) is 20.8. The number of rotatable bonds is 8. The molecule has 1 aliphatic heterocycles. The number of amides is 1. The fourth-order valence-electron chi connectivity index (χ4n) is 4.45. The average molecular weight is 409 g/mol. The van der Waals surface area contributed by atoms with Crippen molar-refractivity contribution in [1.29, 1.82) is 0 Å². The zero-order valence-corrected chi connectivity index (χ0v) is 17.9. The Morgan fingerprint density at radius 3 is 2.90 bits per heavy atom. The summed E-state index contributed by atoms with van der Waals surface area (Å²) in [5.74, 6) is 2.02. The summed E-state index contributed by atoms with van der Waals surface area (Å²) in [5, 5.41) is 3.09. The first kappa shape index (κ1) is 20.8. The molecule has 160 valence electrons. The molecule has 0 spiro atoms. The van der Waals surface area contributed by atoms with Gasteiger partial charge in [-0.05, 0) is 45.4 Å². The third-order valence-electron chi connectivity index (χ3n) is 6.00. The fourth-order valence-corrected chi connectivity index (χ4v) is 4.45. The molecule has 0 bridgehead atoms. The third kappa shape index (κ3) is 4.81. The molecule has 2 aromatic rings. The Balaban J connectivity index is 1.48. The molecule has 1 aromatic carbocycles. The lowest BCUT2D eigenvalue weighted by atomic mass is 9.96. The number of aryl methyl sites for hydroxylation is 1. The molecule has 1 N–H and O–H groups in total. The van der Waals surface area contributed by atoms with Crippen molar-refractivity contribution in [2.24, 2.45) is 5.92 Å². The monoisotopic (exact) mass is 408 g/mol. The van der Waals surface area contributed by atoms with E-state index in [1.807, 2.05) is 25.1 Å². The molecule has 0 saturated carbocycles. The van der Waals surface area contributed by atoms with E-state index >= 15 is 0 Å². The van der Waals surface area contributed by atoms with Gasteiger partial charge in [0.2, 0.25) is 5.91 Å². The summed E-state index contributed by atoms with van der Waals surface area (Å²) in [5.41, 5.74) is 3.52. The zero-order valence-electron chi connectivity index (χ0n) is 17.9. The molecular formula is C24H32N4O2. The third-order valence-corrected chi connectivity index (χ3v) is 6.00. The molecular weight excluding hydrogens is 376 g/mol. The van der Waals surface area contributed by atoms with Crippen LogP contribution in [0.15, 0.2) is 30.3 Å². The van der Waals surface area contributed by atoms with E-state index in [4.69, 9.17) is 14.7 Å². The summed E-state index contributed by atoms with van der Waals surface area (Å²) in [6, 6.07) is 10.2. The Hall–Kier alpha value is -2.47. The summed E-state index contributed by atoms with van der Waals surface area (Å²) in [4.78, 5) is 24.9. The van der Waals surface area contributed by atoms with Gasteiger partial charge < -0.3 is 15.0 Å². The van der Waals surface area contributed by atoms with Gasteiger partial charge in [-0.2, -0.15) is 0 Å². The second-order valence-corrected chi connectivity index (χ2v) is 8.14. The van der Waals surface area contributed by atoms with E-state index in [-0.39, 0.29) is 11.8 Å². The van der Waals surface area contributed by atoms with Gasteiger partial charge in [-0.1, -0.05) is 30.3 Å². The molecule has 1 fully saturated rings. The van der Waals surface area contributed by atoms with Gasteiger partial charge in [0, 0.05) is 49.7 Å². The first-order valence-electron chi connectivity index (χ1n) is 11.3. The minimum absolute atomic E-state index is 0.0121. The van der Waals surface area contributed by atoms with Crippen molar-refractivity contribution in [1.82, 2.24) is 15.3 Å². The standard InChI is InChI=1S/C24H32N4O2/c1-2-30-16-8-14-25-24(29)19-11-7-15-28(17-19)23-20-12-6-13-21(20)26-22(27-23)18-9-4-3-5-10-18/h3-5,9-10,19H,2,6-8,11-17H2,1H3,(H,25,29). The molecule has 6 nitrogen and oxygen atoms in total. The van der Waals surface area contributed by atoms with Gasteiger partial charge in [-0.25, -0.2) is 9.97 Å². The first-order chi connectivity index (χ1) is 14.8. The lowest BCUT2D eigenvalue weighted by Gasteiger charge is -2.34. The van der Waals surface area contributed by atoms with E-state index in [9.17, 15) is 4.79 Å². The van der Waals surface area contributed by atoms with Crippen LogP contribution in [0.25, 0.3) is 11.4 Å². The highest BCUT2D eigenvalue weighted by molar-refractivity contribution is 5.79. The lowest BCUT2D eigenvalue weighted by Crippen LogP contribution is -2.44. The van der Waals surface area contributed by atoms with Crippen molar-refractivity contribution < 1.29 is 9.53 Å². The van der Waals surface area contributed by atoms with Crippen LogP contribution >= 0.6 is 0 Å². The summed E-state index contributed by atoms with van der Waals surface area (Å²) in [7, 11) is 0. The van der Waals surface area contributed by atoms with E-state index in [1.54, 1.807) is 0 Å². The molecule has 2 heterocycles. The Morgan fingerprint density at radius 2 is 2.07 bits per heavy atom. The maximum atomic E-state index is 12.7. The van der Waals surface area contributed by atoms with Crippen molar-refractivity contribution in [2.75, 3.05) is 37.7 Å². The molecule has 0 radical (unpaired) electrons. The number of benzene rings is 1. The minimum Gasteiger partial charge on any atom is -0.382 e. The second-order valence-electron chi connectivity index (χ2n) is 8.14. The molecule has 4 rings (SSSR count). The highest BCUT2D eigenvalue weighted by Gasteiger charge is 2.30. The molecule has 1 atom stereocenters. The smallest absolute Gasteiger partial charge is 0.224 e. The quantitative estimate of drug-likeness (QED) is 0.678. The minimum atomic E-state index is 0.0121. The van der Waals surface area contributed by atoms with Crippen LogP contribution in [0.1, 0.15) is 43.9 Å². The molecule has 30 heavy (non-hydrogen) atoms. The van der Waals surface area contributed by atoms with E-state index in [0.29, 0.717) is 13.2 Å². The Kier molecular flexibility index (Phi) is 6.95. The maximum Gasteiger partial charge on any atom is 0.224 e. The molecule has 6 heteroatoms. The Labute approximate surface area is 179 Å². The van der Waals surface area contributed by atoms with Crippen LogP contribution in [0, 0.1) is 5.92 Å². The predicted octanol–water partition coefficient (Wildman–Crippen LogP) is 3.39. The number of piperidine rings is 1. The van der Waals surface area contributed by atoms with Crippen LogP contribution in [0.5, 0.6) is 0 Å². The van der Waals surface area contributed by atoms with Crippen molar-refractivity contribution >= 4 is 11.7 Å². The predicted molar refractivity (Wildman–Crippen MR) is 119 cm³/mol. The van der Waals surface area contributed by atoms with Gasteiger partial charge in [0.25, 0.3) is 0 Å². The molecule has 1 unspecified atom stereocenters. The van der Waals surface area contributed by atoms with Crippen LogP contribution in [0.3, 0.4) is 0 Å². The number of nitrogens with zero attached hydrogens (tertiary/aromatic N) is 3. The highest BCUT2D eigenvalue weighted by atomic mass is 16.5. The van der Waals surface area contributed by atoms with Gasteiger partial charge in [-0.3, -0.25) is 4.79 Å². The molecule has 2 aliphatic rings. The highest BCUT2D eigenvalue weighted by Crippen LogP contribution is 2.33. The lowest BCUT2D eigenvalue weighted by molar-refractivity contribution is -0.125. The van der Waals surface area contributed by atoms with Gasteiger partial charge in [0.05, 0.1) is 5.92 Å². The number of hydrogen-bond donors (Lipinski definition) is 1. The number of carbonyl (C=O) groups is 1. The molecule has 1 saturated heterocycles. The van der Waals surface area contributed by atoms with Crippen LogP contribution in [-0.2, 0) is 22.4 Å². The van der Waals surface area contributed by atoms with Gasteiger partial charge in [-0.15, -0.1) is 0 Å². The number of nitrogens with one attached hydrogen (secondary N) is 1. The number of hydrogen-bond acceptors (Lipinski definition) is 5. The topological polar surface area (TPSA) is 67.3 Å². The van der Waals surface area contributed by atoms with Gasteiger partial charge in [0.1, 0.15) is 5.82 Å². The number of ether oxygens (including phenoxy) is 1. The number of carbonyl (C=O) groups excluding carboxylic acids is 1. The summed E-state index contributed by atoms with van der Waals surface area (Å²) in [6.07, 6.45) is 5.98. The second kappa shape index (κ2) is 10.0. The van der Waals surface area contributed by atoms with E-state index in [1.165, 1.54) is 11.3 Å². The Bertz CT molecular complexity index is 856. The largest absolute Gasteiger partial charge is 0.382 e. The molecule has 1 amide bonds. The van der Waals surface area contributed by atoms with Crippen molar-refractivity contribution in [2.45, 2.75) is 45.4 Å². The summed E-state index contributed by atoms with van der Waals surface area (Å²) >= 11 is 0. The van der Waals surface area contributed by atoms with Crippen LogP contribution in [0.2, 0.25) is 0 Å². The molecule has 1 aromatic heterocycles. The summed E-state index contributed by atoms with van der Waals surface area (Å²) < 4.78 is 5.35. The summed E-state index contributed by atoms with van der Waals surface area (Å²) in [6.45, 7) is 5.77. The average Bonchev–Trinajstić information content (AvgIpc) is 3.27. The first-order valence-corrected chi connectivity index (χ1v) is 11.3. The molecule has 1 aliphatic carbocycles. The normalized spacial score (nSPS) is 18.3. The van der Waals surface area contributed by atoms with Crippen LogP contribution in [-0.4, -0.2) is 48.7 Å². The van der Waals surface area contributed by atoms with Crippen LogP contribution < -0.4 is 10.2 Å². The van der Waals surface area contributed by atoms with E-state index in [0.717, 1.165) is 75.4 Å². The van der Waals surface area contributed by atoms with Crippen molar-refractivity contribution in [3.63, 3.8) is 0 Å². The number of fused-ring (bicyclic) bond motifs is 1. The van der Waals surface area contributed by atoms with E-state index in [2.05, 4.69) is 22.3 Å². The van der Waals surface area contributed by atoms with Crippen molar-refractivity contribution in [3.05, 3.63) is 41.6 Å². The fraction of sp³-hybridized carbons (Fsp3) is 0.542. The number of aromatic nitrogens is 2. The number of anilines is 1. The van der Waals surface area contributed by atoms with Crippen molar-refractivity contribution in [3.8, 4) is 11.4 Å². The van der Waals surface area contributed by atoms with Gasteiger partial charge in [0.15, 0.2) is 5.82 Å². The van der Waals surface area contributed by atoms with E-state index < -0.39 is 0 Å². The van der Waals surface area contributed by atoms with Gasteiger partial charge >= 0.3 is 0 Å². The Morgan fingerprint density at radius 1 is 1.20 bits per heavy atom. The van der Waals surface area contributed by atoms with Crippen LogP contribution in [0.4, 0.5) is 5.82 Å². The maximum absolute atomic E-state index is 12.7.